The third-order valence-corrected chi connectivity index (χ3v) is 8.15. The zero-order valence-electron chi connectivity index (χ0n) is 18.1. The maximum atomic E-state index is 13.6. The van der Waals surface area contributed by atoms with Crippen LogP contribution in [-0.2, 0) is 9.84 Å². The molecule has 3 aromatic rings. The molecular formula is C24H22ClN3O5S. The number of rotatable bonds is 6. The van der Waals surface area contributed by atoms with E-state index in [1.165, 1.54) is 6.07 Å². The van der Waals surface area contributed by atoms with Gasteiger partial charge in [0, 0.05) is 22.2 Å². The molecule has 3 heterocycles. The Morgan fingerprint density at radius 1 is 1.29 bits per heavy atom. The Bertz CT molecular complexity index is 1400. The third kappa shape index (κ3) is 3.84. The van der Waals surface area contributed by atoms with Crippen LogP contribution >= 0.6 is 11.6 Å². The van der Waals surface area contributed by atoms with Gasteiger partial charge in [-0.15, -0.1) is 0 Å². The number of phenolic OH excluding ortho intramolecular Hbond substituents is 1. The summed E-state index contributed by atoms with van der Waals surface area (Å²) in [5.74, 6) is 0.157. The lowest BCUT2D eigenvalue weighted by atomic mass is 9.95. The lowest BCUT2D eigenvalue weighted by molar-refractivity contribution is 0.0677. The summed E-state index contributed by atoms with van der Waals surface area (Å²) in [6.45, 7) is 3.98. The highest BCUT2D eigenvalue weighted by atomic mass is 35.5. The highest BCUT2D eigenvalue weighted by Crippen LogP contribution is 2.47. The van der Waals surface area contributed by atoms with Crippen LogP contribution in [0, 0.1) is 0 Å². The zero-order valence-corrected chi connectivity index (χ0v) is 19.6. The van der Waals surface area contributed by atoms with Gasteiger partial charge in [-0.1, -0.05) is 36.4 Å². The molecule has 2 aliphatic rings. The van der Waals surface area contributed by atoms with Gasteiger partial charge in [0.2, 0.25) is 0 Å². The number of carbonyl (C=O) groups is 1. The summed E-state index contributed by atoms with van der Waals surface area (Å²) >= 11 is 6.18. The molecule has 1 fully saturated rings. The maximum absolute atomic E-state index is 13.6. The van der Waals surface area contributed by atoms with Gasteiger partial charge in [-0.25, -0.2) is 8.42 Å². The van der Waals surface area contributed by atoms with Gasteiger partial charge >= 0.3 is 0 Å². The summed E-state index contributed by atoms with van der Waals surface area (Å²) in [6, 6.07) is 10.8. The number of hydrogen-bond donors (Lipinski definition) is 2. The van der Waals surface area contributed by atoms with Gasteiger partial charge in [-0.05, 0) is 42.3 Å². The van der Waals surface area contributed by atoms with Gasteiger partial charge in [0.1, 0.15) is 29.5 Å². The van der Waals surface area contributed by atoms with E-state index in [1.54, 1.807) is 29.2 Å². The number of benzene rings is 2. The molecule has 0 bridgehead atoms. The number of H-pyrrole nitrogens is 1. The normalized spacial score (nSPS) is 21.0. The third-order valence-electron chi connectivity index (χ3n) is 6.16. The van der Waals surface area contributed by atoms with Crippen LogP contribution in [0.4, 0.5) is 0 Å². The standard InChI is InChI=1S/C24H22ClN3O5S/c1-2-9-33-17-5-3-4-14(11-17)23-20-21(18-12-15(25)6-7-19(18)29)26-27-22(20)24(30)28(23)16-8-10-34(31,32)13-16/h2-7,11-12,16,23,29H,1,8-10,13H2,(H,26,27). The van der Waals surface area contributed by atoms with Crippen molar-refractivity contribution >= 4 is 27.3 Å². The Morgan fingerprint density at radius 3 is 2.85 bits per heavy atom. The fourth-order valence-electron chi connectivity index (χ4n) is 4.70. The van der Waals surface area contributed by atoms with Crippen molar-refractivity contribution in [2.24, 2.45) is 0 Å². The number of phenols is 1. The van der Waals surface area contributed by atoms with Crippen LogP contribution in [0.3, 0.4) is 0 Å². The lowest BCUT2D eigenvalue weighted by Gasteiger charge is -2.31. The van der Waals surface area contributed by atoms with Gasteiger partial charge in [0.15, 0.2) is 9.84 Å². The number of nitrogens with zero attached hydrogens (tertiary/aromatic N) is 2. The SMILES string of the molecule is C=CCOc1cccc(C2c3c(-c4cc(Cl)ccc4O)n[nH]c3C(=O)N2C2CCS(=O)(=O)C2)c1. The second-order valence-corrected chi connectivity index (χ2v) is 11.0. The second kappa shape index (κ2) is 8.48. The summed E-state index contributed by atoms with van der Waals surface area (Å²) in [7, 11) is -3.24. The number of amides is 1. The van der Waals surface area contributed by atoms with Crippen LogP contribution in [0.25, 0.3) is 11.3 Å². The molecule has 176 valence electrons. The van der Waals surface area contributed by atoms with Gasteiger partial charge in [-0.2, -0.15) is 5.10 Å². The minimum Gasteiger partial charge on any atom is -0.507 e. The Labute approximate surface area is 201 Å². The van der Waals surface area contributed by atoms with E-state index in [2.05, 4.69) is 16.8 Å². The minimum atomic E-state index is -3.24. The molecule has 2 aliphatic heterocycles. The van der Waals surface area contributed by atoms with Crippen LogP contribution in [-0.4, -0.2) is 58.7 Å². The molecule has 2 atom stereocenters. The topological polar surface area (TPSA) is 113 Å². The van der Waals surface area contributed by atoms with E-state index in [4.69, 9.17) is 16.3 Å². The predicted octanol–water partition coefficient (Wildman–Crippen LogP) is 3.73. The van der Waals surface area contributed by atoms with Crippen molar-refractivity contribution in [2.75, 3.05) is 18.1 Å². The molecule has 10 heteroatoms. The van der Waals surface area contributed by atoms with Gasteiger partial charge in [-0.3, -0.25) is 9.89 Å². The van der Waals surface area contributed by atoms with Crippen molar-refractivity contribution in [3.05, 3.63) is 77.0 Å². The summed E-state index contributed by atoms with van der Waals surface area (Å²) in [5, 5.41) is 18.1. The largest absolute Gasteiger partial charge is 0.507 e. The number of aromatic amines is 1. The monoisotopic (exact) mass is 499 g/mol. The number of nitrogens with one attached hydrogen (secondary N) is 1. The maximum Gasteiger partial charge on any atom is 0.273 e. The van der Waals surface area contributed by atoms with Crippen molar-refractivity contribution in [2.45, 2.75) is 18.5 Å². The fraction of sp³-hybridized carbons (Fsp3) is 0.250. The van der Waals surface area contributed by atoms with E-state index in [0.717, 1.165) is 5.56 Å². The molecular weight excluding hydrogens is 478 g/mol. The zero-order chi connectivity index (χ0) is 24.0. The predicted molar refractivity (Wildman–Crippen MR) is 128 cm³/mol. The van der Waals surface area contributed by atoms with E-state index in [9.17, 15) is 18.3 Å². The highest BCUT2D eigenvalue weighted by Gasteiger charge is 2.48. The number of aromatic nitrogens is 2. The van der Waals surface area contributed by atoms with Crippen LogP contribution in [0.2, 0.25) is 5.02 Å². The number of fused-ring (bicyclic) bond motifs is 1. The van der Waals surface area contributed by atoms with Gasteiger partial charge < -0.3 is 14.7 Å². The quantitative estimate of drug-likeness (QED) is 0.500. The first-order valence-electron chi connectivity index (χ1n) is 10.7. The molecule has 0 radical (unpaired) electrons. The summed E-state index contributed by atoms with van der Waals surface area (Å²) < 4.78 is 30.2. The first kappa shape index (κ1) is 22.5. The summed E-state index contributed by atoms with van der Waals surface area (Å²) in [5.41, 5.74) is 2.33. The van der Waals surface area contributed by atoms with Crippen molar-refractivity contribution in [3.8, 4) is 22.8 Å². The molecule has 2 aromatic carbocycles. The molecule has 34 heavy (non-hydrogen) atoms. The van der Waals surface area contributed by atoms with E-state index in [-0.39, 0.29) is 28.9 Å². The number of aromatic hydroxyl groups is 1. The first-order valence-corrected chi connectivity index (χ1v) is 12.9. The number of ether oxygens (including phenoxy) is 1. The average molecular weight is 500 g/mol. The van der Waals surface area contributed by atoms with Crippen molar-refractivity contribution in [3.63, 3.8) is 0 Å². The summed E-state index contributed by atoms with van der Waals surface area (Å²) in [6.07, 6.45) is 1.99. The van der Waals surface area contributed by atoms with Crippen molar-refractivity contribution in [1.29, 1.82) is 0 Å². The molecule has 0 spiro atoms. The summed E-state index contributed by atoms with van der Waals surface area (Å²) in [4.78, 5) is 15.2. The Kier molecular flexibility index (Phi) is 5.61. The Balaban J connectivity index is 1.68. The Hall–Kier alpha value is -3.30. The van der Waals surface area contributed by atoms with Crippen LogP contribution in [0.1, 0.15) is 34.1 Å². The number of hydrogen-bond acceptors (Lipinski definition) is 6. The van der Waals surface area contributed by atoms with Crippen molar-refractivity contribution in [1.82, 2.24) is 15.1 Å². The van der Waals surface area contributed by atoms with Crippen LogP contribution in [0.15, 0.2) is 55.1 Å². The molecule has 5 rings (SSSR count). The highest BCUT2D eigenvalue weighted by molar-refractivity contribution is 7.91. The fourth-order valence-corrected chi connectivity index (χ4v) is 6.58. The number of carbonyl (C=O) groups excluding carboxylic acids is 1. The van der Waals surface area contributed by atoms with E-state index in [1.807, 2.05) is 18.2 Å². The minimum absolute atomic E-state index is 0.0325. The van der Waals surface area contributed by atoms with Crippen LogP contribution < -0.4 is 4.74 Å². The molecule has 2 unspecified atom stereocenters. The second-order valence-electron chi connectivity index (χ2n) is 8.37. The smallest absolute Gasteiger partial charge is 0.273 e. The van der Waals surface area contributed by atoms with E-state index < -0.39 is 21.9 Å². The molecule has 2 N–H and O–H groups in total. The number of sulfone groups is 1. The van der Waals surface area contributed by atoms with Gasteiger partial charge in [0.05, 0.1) is 17.5 Å². The van der Waals surface area contributed by atoms with Gasteiger partial charge in [0.25, 0.3) is 5.91 Å². The van der Waals surface area contributed by atoms with Crippen molar-refractivity contribution < 1.29 is 23.1 Å². The Morgan fingerprint density at radius 2 is 2.12 bits per heavy atom. The molecule has 1 saturated heterocycles. The average Bonchev–Trinajstić information content (AvgIpc) is 3.47. The number of halogens is 1. The molecule has 1 amide bonds. The molecule has 0 aliphatic carbocycles. The van der Waals surface area contributed by atoms with Crippen LogP contribution in [0.5, 0.6) is 11.5 Å². The van der Waals surface area contributed by atoms with E-state index in [0.29, 0.717) is 40.6 Å². The molecule has 0 saturated carbocycles. The lowest BCUT2D eigenvalue weighted by Crippen LogP contribution is -2.40. The molecule has 1 aromatic heterocycles. The first-order chi connectivity index (χ1) is 16.3. The van der Waals surface area contributed by atoms with E-state index >= 15 is 0 Å². The molecule has 8 nitrogen and oxygen atoms in total.